The fourth-order valence-corrected chi connectivity index (χ4v) is 2.62. The van der Waals surface area contributed by atoms with E-state index in [9.17, 15) is 9.59 Å². The van der Waals surface area contributed by atoms with Crippen LogP contribution in [0.5, 0.6) is 0 Å². The van der Waals surface area contributed by atoms with Crippen LogP contribution < -0.4 is 10.9 Å². The van der Waals surface area contributed by atoms with E-state index in [4.69, 9.17) is 4.74 Å². The number of hydrogen-bond donors (Lipinski definition) is 2. The smallest absolute Gasteiger partial charge is 0.325 e. The van der Waals surface area contributed by atoms with Crippen molar-refractivity contribution in [2.24, 2.45) is 0 Å². The summed E-state index contributed by atoms with van der Waals surface area (Å²) in [5, 5.41) is 0. The Morgan fingerprint density at radius 2 is 1.91 bits per heavy atom. The average molecular weight is 316 g/mol. The van der Waals surface area contributed by atoms with Crippen LogP contribution >= 0.6 is 0 Å². The molecular formula is C18H24N2O3. The number of esters is 1. The van der Waals surface area contributed by atoms with E-state index in [2.05, 4.69) is 17.4 Å². The maximum atomic E-state index is 12.3. The van der Waals surface area contributed by atoms with Gasteiger partial charge in [-0.2, -0.15) is 0 Å². The monoisotopic (exact) mass is 316 g/mol. The number of carbonyl (C=O) groups excluding carboxylic acids is 2. The second kappa shape index (κ2) is 9.10. The molecule has 1 unspecified atom stereocenters. The number of nitrogens with one attached hydrogen (secondary N) is 2. The van der Waals surface area contributed by atoms with Crippen molar-refractivity contribution in [1.82, 2.24) is 10.9 Å². The first-order valence-corrected chi connectivity index (χ1v) is 8.13. The van der Waals surface area contributed by atoms with Crippen LogP contribution in [0.1, 0.15) is 48.9 Å². The van der Waals surface area contributed by atoms with Crippen LogP contribution in [-0.2, 0) is 9.53 Å². The van der Waals surface area contributed by atoms with E-state index < -0.39 is 6.04 Å². The highest BCUT2D eigenvalue weighted by Crippen LogP contribution is 2.20. The molecule has 1 amide bonds. The van der Waals surface area contributed by atoms with Crippen LogP contribution in [0, 0.1) is 0 Å². The number of carbonyl (C=O) groups is 2. The quantitative estimate of drug-likeness (QED) is 0.461. The Balaban J connectivity index is 1.86. The van der Waals surface area contributed by atoms with E-state index in [1.165, 1.54) is 6.42 Å². The van der Waals surface area contributed by atoms with Crippen molar-refractivity contribution in [2.75, 3.05) is 0 Å². The first-order chi connectivity index (χ1) is 11.2. The van der Waals surface area contributed by atoms with Gasteiger partial charge in [0, 0.05) is 5.56 Å². The van der Waals surface area contributed by atoms with Gasteiger partial charge in [0.15, 0.2) is 0 Å². The minimum absolute atomic E-state index is 0.00445. The van der Waals surface area contributed by atoms with E-state index >= 15 is 0 Å². The molecule has 1 aliphatic rings. The lowest BCUT2D eigenvalue weighted by Crippen LogP contribution is -2.49. The molecule has 0 bridgehead atoms. The van der Waals surface area contributed by atoms with E-state index in [1.54, 1.807) is 30.3 Å². The van der Waals surface area contributed by atoms with E-state index in [0.29, 0.717) is 12.0 Å². The fraction of sp³-hybridized carbons (Fsp3) is 0.444. The number of amides is 1. The molecule has 1 fully saturated rings. The van der Waals surface area contributed by atoms with Crippen molar-refractivity contribution in [1.29, 1.82) is 0 Å². The van der Waals surface area contributed by atoms with Gasteiger partial charge in [0.25, 0.3) is 5.91 Å². The maximum absolute atomic E-state index is 12.3. The molecule has 1 aromatic rings. The van der Waals surface area contributed by atoms with Crippen LogP contribution in [0.25, 0.3) is 0 Å². The number of ether oxygens (including phenoxy) is 1. The molecule has 0 radical (unpaired) electrons. The highest BCUT2D eigenvalue weighted by atomic mass is 16.5. The predicted molar refractivity (Wildman–Crippen MR) is 88.6 cm³/mol. The molecule has 2 N–H and O–H groups in total. The molecule has 1 aliphatic carbocycles. The van der Waals surface area contributed by atoms with Crippen LogP contribution in [0.3, 0.4) is 0 Å². The SMILES string of the molecule is C=CCC(NNC(=O)c1ccccc1)C(=O)OC1CCCCC1. The van der Waals surface area contributed by atoms with Gasteiger partial charge < -0.3 is 4.74 Å². The van der Waals surface area contributed by atoms with E-state index in [1.807, 2.05) is 6.07 Å². The minimum Gasteiger partial charge on any atom is -0.461 e. The van der Waals surface area contributed by atoms with Crippen LogP contribution in [0.15, 0.2) is 43.0 Å². The lowest BCUT2D eigenvalue weighted by atomic mass is 9.98. The number of hydrogen-bond acceptors (Lipinski definition) is 4. The number of benzene rings is 1. The van der Waals surface area contributed by atoms with E-state index in [-0.39, 0.29) is 18.0 Å². The molecule has 0 aromatic heterocycles. The molecule has 0 heterocycles. The van der Waals surface area contributed by atoms with Crippen molar-refractivity contribution in [2.45, 2.75) is 50.7 Å². The summed E-state index contributed by atoms with van der Waals surface area (Å²) in [6.07, 6.45) is 7.26. The first kappa shape index (κ1) is 17.2. The van der Waals surface area contributed by atoms with Crippen molar-refractivity contribution in [3.8, 4) is 0 Å². The lowest BCUT2D eigenvalue weighted by Gasteiger charge is -2.24. The van der Waals surface area contributed by atoms with Crippen LogP contribution in [0.4, 0.5) is 0 Å². The summed E-state index contributed by atoms with van der Waals surface area (Å²) < 4.78 is 5.54. The lowest BCUT2D eigenvalue weighted by molar-refractivity contribution is -0.153. The highest BCUT2D eigenvalue weighted by Gasteiger charge is 2.24. The Hall–Kier alpha value is -2.14. The number of rotatable bonds is 7. The Kier molecular flexibility index (Phi) is 6.81. The molecule has 1 aromatic carbocycles. The summed E-state index contributed by atoms with van der Waals surface area (Å²) in [6, 6.07) is 8.20. The molecule has 2 rings (SSSR count). The summed E-state index contributed by atoms with van der Waals surface area (Å²) in [6.45, 7) is 3.65. The zero-order chi connectivity index (χ0) is 16.5. The van der Waals surface area contributed by atoms with Gasteiger partial charge in [0.05, 0.1) is 0 Å². The Morgan fingerprint density at radius 1 is 1.22 bits per heavy atom. The summed E-state index contributed by atoms with van der Waals surface area (Å²) in [4.78, 5) is 24.3. The van der Waals surface area contributed by atoms with Crippen molar-refractivity contribution >= 4 is 11.9 Å². The van der Waals surface area contributed by atoms with Gasteiger partial charge in [0.1, 0.15) is 12.1 Å². The van der Waals surface area contributed by atoms with Gasteiger partial charge in [-0.25, -0.2) is 5.43 Å². The normalized spacial score (nSPS) is 16.3. The van der Waals surface area contributed by atoms with Gasteiger partial charge in [0.2, 0.25) is 0 Å². The molecule has 0 saturated heterocycles. The Labute approximate surface area is 137 Å². The van der Waals surface area contributed by atoms with Crippen molar-refractivity contribution in [3.63, 3.8) is 0 Å². The zero-order valence-electron chi connectivity index (χ0n) is 13.3. The first-order valence-electron chi connectivity index (χ1n) is 8.13. The molecule has 5 heteroatoms. The predicted octanol–water partition coefficient (Wildman–Crippen LogP) is 2.74. The van der Waals surface area contributed by atoms with Crippen LogP contribution in [-0.4, -0.2) is 24.0 Å². The van der Waals surface area contributed by atoms with Gasteiger partial charge >= 0.3 is 5.97 Å². The summed E-state index contributed by atoms with van der Waals surface area (Å²) in [5.41, 5.74) is 5.85. The second-order valence-corrected chi connectivity index (χ2v) is 5.74. The molecule has 0 aliphatic heterocycles. The van der Waals surface area contributed by atoms with Gasteiger partial charge in [-0.3, -0.25) is 15.0 Å². The number of hydrazine groups is 1. The Morgan fingerprint density at radius 3 is 2.57 bits per heavy atom. The topological polar surface area (TPSA) is 67.4 Å². The molecule has 5 nitrogen and oxygen atoms in total. The largest absolute Gasteiger partial charge is 0.461 e. The van der Waals surface area contributed by atoms with Crippen LogP contribution in [0.2, 0.25) is 0 Å². The minimum atomic E-state index is -0.623. The summed E-state index contributed by atoms with van der Waals surface area (Å²) in [7, 11) is 0. The van der Waals surface area contributed by atoms with Gasteiger partial charge in [-0.15, -0.1) is 6.58 Å². The van der Waals surface area contributed by atoms with Crippen molar-refractivity contribution in [3.05, 3.63) is 48.6 Å². The molecule has 1 saturated carbocycles. The third-order valence-corrected chi connectivity index (χ3v) is 3.92. The molecular weight excluding hydrogens is 292 g/mol. The van der Waals surface area contributed by atoms with E-state index in [0.717, 1.165) is 25.7 Å². The summed E-state index contributed by atoms with van der Waals surface area (Å²) >= 11 is 0. The highest BCUT2D eigenvalue weighted by molar-refractivity contribution is 5.94. The van der Waals surface area contributed by atoms with Gasteiger partial charge in [-0.1, -0.05) is 30.7 Å². The summed E-state index contributed by atoms with van der Waals surface area (Å²) in [5.74, 6) is -0.629. The van der Waals surface area contributed by atoms with Gasteiger partial charge in [-0.05, 0) is 44.2 Å². The zero-order valence-corrected chi connectivity index (χ0v) is 13.3. The van der Waals surface area contributed by atoms with Crippen molar-refractivity contribution < 1.29 is 14.3 Å². The second-order valence-electron chi connectivity index (χ2n) is 5.74. The maximum Gasteiger partial charge on any atom is 0.325 e. The fourth-order valence-electron chi connectivity index (χ4n) is 2.62. The standard InChI is InChI=1S/C18H24N2O3/c1-2-9-16(18(22)23-15-12-7-4-8-13-15)19-20-17(21)14-10-5-3-6-11-14/h2-3,5-6,10-11,15-16,19H,1,4,7-9,12-13H2,(H,20,21). The third kappa shape index (κ3) is 5.53. The molecule has 0 spiro atoms. The third-order valence-electron chi connectivity index (χ3n) is 3.92. The average Bonchev–Trinajstić information content (AvgIpc) is 2.60. The molecule has 1 atom stereocenters. The molecule has 23 heavy (non-hydrogen) atoms. The molecule has 124 valence electrons. The Bertz CT molecular complexity index is 524.